The summed E-state index contributed by atoms with van der Waals surface area (Å²) in [6.07, 6.45) is 4.82. The molecule has 0 aliphatic rings. The Morgan fingerprint density at radius 1 is 1.23 bits per heavy atom. The molecular formula is C17H21NO4. The van der Waals surface area contributed by atoms with Crippen LogP contribution in [0.5, 0.6) is 11.5 Å². The molecule has 0 saturated heterocycles. The average molecular weight is 303 g/mol. The zero-order chi connectivity index (χ0) is 15.8. The molecule has 0 bridgehead atoms. The standard InChI is InChI=1S/C17H21NO4/c1-20-15-9-13(10-16(11-15)21-2)17(19)12-18-7-3-5-14-6-4-8-22-14/h3-6,8-11,17-19H,7,12H2,1-2H3/b5-3+. The van der Waals surface area contributed by atoms with Crippen LogP contribution in [0, 0.1) is 0 Å². The van der Waals surface area contributed by atoms with Gasteiger partial charge in [0.2, 0.25) is 0 Å². The number of aliphatic hydroxyl groups excluding tert-OH is 1. The second-order valence-electron chi connectivity index (χ2n) is 4.74. The second-order valence-corrected chi connectivity index (χ2v) is 4.74. The van der Waals surface area contributed by atoms with Gasteiger partial charge in [-0.05, 0) is 35.9 Å². The van der Waals surface area contributed by atoms with Gasteiger partial charge in [-0.15, -0.1) is 0 Å². The predicted molar refractivity (Wildman–Crippen MR) is 85.1 cm³/mol. The van der Waals surface area contributed by atoms with Gasteiger partial charge < -0.3 is 24.3 Å². The lowest BCUT2D eigenvalue weighted by Crippen LogP contribution is -2.21. The third kappa shape index (κ3) is 4.65. The van der Waals surface area contributed by atoms with E-state index in [-0.39, 0.29) is 0 Å². The Morgan fingerprint density at radius 3 is 2.55 bits per heavy atom. The molecule has 2 rings (SSSR count). The van der Waals surface area contributed by atoms with E-state index in [1.54, 1.807) is 38.7 Å². The van der Waals surface area contributed by atoms with Crippen molar-refractivity contribution in [3.8, 4) is 11.5 Å². The summed E-state index contributed by atoms with van der Waals surface area (Å²) in [6, 6.07) is 9.09. The Labute approximate surface area is 130 Å². The van der Waals surface area contributed by atoms with Gasteiger partial charge >= 0.3 is 0 Å². The number of methoxy groups -OCH3 is 2. The zero-order valence-electron chi connectivity index (χ0n) is 12.8. The Kier molecular flexibility index (Phi) is 6.06. The number of furan rings is 1. The molecule has 0 aliphatic carbocycles. The van der Waals surface area contributed by atoms with Gasteiger partial charge in [-0.25, -0.2) is 0 Å². The Balaban J connectivity index is 1.85. The monoisotopic (exact) mass is 303 g/mol. The largest absolute Gasteiger partial charge is 0.497 e. The fourth-order valence-corrected chi connectivity index (χ4v) is 2.00. The van der Waals surface area contributed by atoms with Crippen LogP contribution < -0.4 is 14.8 Å². The van der Waals surface area contributed by atoms with Crippen LogP contribution in [0.1, 0.15) is 17.4 Å². The van der Waals surface area contributed by atoms with Gasteiger partial charge in [0.05, 0.1) is 26.6 Å². The molecule has 0 saturated carbocycles. The van der Waals surface area contributed by atoms with Gasteiger partial charge in [0.1, 0.15) is 17.3 Å². The van der Waals surface area contributed by atoms with E-state index in [9.17, 15) is 5.11 Å². The molecule has 0 amide bonds. The lowest BCUT2D eigenvalue weighted by atomic mass is 10.1. The third-order valence-electron chi connectivity index (χ3n) is 3.18. The molecule has 22 heavy (non-hydrogen) atoms. The van der Waals surface area contributed by atoms with Crippen molar-refractivity contribution in [3.05, 3.63) is 54.0 Å². The number of hydrogen-bond acceptors (Lipinski definition) is 5. The van der Waals surface area contributed by atoms with Crippen molar-refractivity contribution in [2.24, 2.45) is 0 Å². The van der Waals surface area contributed by atoms with Gasteiger partial charge in [0.25, 0.3) is 0 Å². The SMILES string of the molecule is COc1cc(OC)cc(C(O)CNC/C=C/c2ccco2)c1. The zero-order valence-corrected chi connectivity index (χ0v) is 12.8. The number of rotatable bonds is 8. The topological polar surface area (TPSA) is 63.9 Å². The number of benzene rings is 1. The Morgan fingerprint density at radius 2 is 1.95 bits per heavy atom. The van der Waals surface area contributed by atoms with E-state index in [0.29, 0.717) is 24.6 Å². The number of hydrogen-bond donors (Lipinski definition) is 2. The lowest BCUT2D eigenvalue weighted by Gasteiger charge is -2.14. The van der Waals surface area contributed by atoms with Gasteiger partial charge in [0, 0.05) is 19.2 Å². The molecule has 0 radical (unpaired) electrons. The van der Waals surface area contributed by atoms with Crippen LogP contribution in [0.4, 0.5) is 0 Å². The summed E-state index contributed by atoms with van der Waals surface area (Å²) in [6.45, 7) is 1.07. The molecule has 0 spiro atoms. The Bertz CT molecular complexity index is 570. The van der Waals surface area contributed by atoms with Crippen LogP contribution in [0.15, 0.2) is 47.1 Å². The van der Waals surface area contributed by atoms with E-state index in [4.69, 9.17) is 13.9 Å². The van der Waals surface area contributed by atoms with E-state index in [0.717, 1.165) is 11.3 Å². The summed E-state index contributed by atoms with van der Waals surface area (Å²) in [4.78, 5) is 0. The highest BCUT2D eigenvalue weighted by Gasteiger charge is 2.10. The maximum absolute atomic E-state index is 10.2. The van der Waals surface area contributed by atoms with Crippen molar-refractivity contribution in [1.82, 2.24) is 5.32 Å². The van der Waals surface area contributed by atoms with Crippen molar-refractivity contribution >= 4 is 6.08 Å². The van der Waals surface area contributed by atoms with Crippen LogP contribution in [-0.2, 0) is 0 Å². The predicted octanol–water partition coefficient (Wildman–Crippen LogP) is 2.63. The molecule has 5 nitrogen and oxygen atoms in total. The third-order valence-corrected chi connectivity index (χ3v) is 3.18. The molecule has 0 aliphatic heterocycles. The molecule has 1 aromatic heterocycles. The smallest absolute Gasteiger partial charge is 0.126 e. The minimum absolute atomic E-state index is 0.429. The highest BCUT2D eigenvalue weighted by Crippen LogP contribution is 2.26. The van der Waals surface area contributed by atoms with E-state index in [1.807, 2.05) is 24.3 Å². The molecule has 1 heterocycles. The molecule has 2 aromatic rings. The number of nitrogens with one attached hydrogen (secondary N) is 1. The summed E-state index contributed by atoms with van der Waals surface area (Å²) in [5.74, 6) is 2.12. The van der Waals surface area contributed by atoms with Crippen LogP contribution >= 0.6 is 0 Å². The fraction of sp³-hybridized carbons (Fsp3) is 0.294. The first-order valence-electron chi connectivity index (χ1n) is 7.04. The van der Waals surface area contributed by atoms with E-state index < -0.39 is 6.10 Å². The summed E-state index contributed by atoms with van der Waals surface area (Å²) < 4.78 is 15.6. The van der Waals surface area contributed by atoms with Crippen LogP contribution in [0.25, 0.3) is 6.08 Å². The molecular weight excluding hydrogens is 282 g/mol. The van der Waals surface area contributed by atoms with Gasteiger partial charge in [0.15, 0.2) is 0 Å². The van der Waals surface area contributed by atoms with Crippen LogP contribution in [0.2, 0.25) is 0 Å². The van der Waals surface area contributed by atoms with Gasteiger partial charge in [-0.2, -0.15) is 0 Å². The van der Waals surface area contributed by atoms with Crippen molar-refractivity contribution in [3.63, 3.8) is 0 Å². The van der Waals surface area contributed by atoms with Crippen molar-refractivity contribution in [1.29, 1.82) is 0 Å². The van der Waals surface area contributed by atoms with E-state index in [2.05, 4.69) is 5.32 Å². The maximum Gasteiger partial charge on any atom is 0.126 e. The summed E-state index contributed by atoms with van der Waals surface area (Å²) in [5, 5.41) is 13.4. The average Bonchev–Trinajstić information content (AvgIpc) is 3.07. The minimum atomic E-state index is -0.638. The maximum atomic E-state index is 10.2. The first-order valence-corrected chi connectivity index (χ1v) is 7.04. The quantitative estimate of drug-likeness (QED) is 0.734. The first kappa shape index (κ1) is 16.1. The van der Waals surface area contributed by atoms with Gasteiger partial charge in [-0.3, -0.25) is 0 Å². The highest BCUT2D eigenvalue weighted by atomic mass is 16.5. The molecule has 5 heteroatoms. The number of ether oxygens (including phenoxy) is 2. The van der Waals surface area contributed by atoms with Crippen molar-refractivity contribution < 1.29 is 19.0 Å². The second kappa shape index (κ2) is 8.26. The minimum Gasteiger partial charge on any atom is -0.497 e. The summed E-state index contributed by atoms with van der Waals surface area (Å²) in [7, 11) is 3.17. The van der Waals surface area contributed by atoms with Crippen molar-refractivity contribution in [2.75, 3.05) is 27.3 Å². The molecule has 1 unspecified atom stereocenters. The molecule has 118 valence electrons. The lowest BCUT2D eigenvalue weighted by molar-refractivity contribution is 0.175. The van der Waals surface area contributed by atoms with Crippen molar-refractivity contribution in [2.45, 2.75) is 6.10 Å². The molecule has 1 aromatic carbocycles. The molecule has 2 N–H and O–H groups in total. The van der Waals surface area contributed by atoms with Crippen LogP contribution in [-0.4, -0.2) is 32.4 Å². The van der Waals surface area contributed by atoms with E-state index >= 15 is 0 Å². The highest BCUT2D eigenvalue weighted by molar-refractivity contribution is 5.42. The van der Waals surface area contributed by atoms with Crippen LogP contribution in [0.3, 0.4) is 0 Å². The first-order chi connectivity index (χ1) is 10.7. The Hall–Kier alpha value is -2.24. The molecule has 1 atom stereocenters. The van der Waals surface area contributed by atoms with E-state index in [1.165, 1.54) is 0 Å². The summed E-state index contributed by atoms with van der Waals surface area (Å²) >= 11 is 0. The normalized spacial score (nSPS) is 12.5. The fourth-order valence-electron chi connectivity index (χ4n) is 2.00. The molecule has 0 fully saturated rings. The summed E-state index contributed by atoms with van der Waals surface area (Å²) in [5.41, 5.74) is 0.749. The van der Waals surface area contributed by atoms with Gasteiger partial charge in [-0.1, -0.05) is 6.08 Å². The number of aliphatic hydroxyl groups is 1.